The molecule has 0 spiro atoms. The minimum absolute atomic E-state index is 0.198. The molecule has 5 rings (SSSR count). The first kappa shape index (κ1) is 16.7. The van der Waals surface area contributed by atoms with Gasteiger partial charge in [-0.05, 0) is 25.9 Å². The molecule has 140 valence electrons. The molecule has 2 saturated heterocycles. The predicted molar refractivity (Wildman–Crippen MR) is 106 cm³/mol. The lowest BCUT2D eigenvalue weighted by Gasteiger charge is -2.33. The van der Waals surface area contributed by atoms with Crippen LogP contribution < -0.4 is 4.90 Å². The van der Waals surface area contributed by atoms with E-state index in [0.717, 1.165) is 42.4 Å². The van der Waals surface area contributed by atoms with Gasteiger partial charge in [0.15, 0.2) is 5.65 Å². The third-order valence-corrected chi connectivity index (χ3v) is 5.85. The normalized spacial score (nSPS) is 24.0. The number of aliphatic hydroxyl groups is 1. The zero-order chi connectivity index (χ0) is 18.2. The quantitative estimate of drug-likeness (QED) is 0.775. The summed E-state index contributed by atoms with van der Waals surface area (Å²) in [5, 5.41) is 15.2. The number of anilines is 1. The number of piperidine rings is 1. The molecule has 0 saturated carbocycles. The molecule has 3 aromatic rings. The molecular weight excluding hydrogens is 338 g/mol. The fourth-order valence-corrected chi connectivity index (χ4v) is 4.44. The summed E-state index contributed by atoms with van der Waals surface area (Å²) in [5.74, 6) is 1.00. The maximum atomic E-state index is 10.8. The van der Waals surface area contributed by atoms with E-state index < -0.39 is 0 Å². The number of rotatable bonds is 3. The molecule has 2 aromatic heterocycles. The highest BCUT2D eigenvalue weighted by Crippen LogP contribution is 2.29. The van der Waals surface area contributed by atoms with Crippen molar-refractivity contribution in [3.05, 3.63) is 48.7 Å². The van der Waals surface area contributed by atoms with Gasteiger partial charge in [-0.25, -0.2) is 4.98 Å². The van der Waals surface area contributed by atoms with E-state index in [9.17, 15) is 5.11 Å². The Balaban J connectivity index is 1.50. The number of hydrogen-bond donors (Lipinski definition) is 1. The lowest BCUT2D eigenvalue weighted by atomic mass is 10.1. The monoisotopic (exact) mass is 363 g/mol. The van der Waals surface area contributed by atoms with E-state index in [1.54, 1.807) is 6.20 Å². The third kappa shape index (κ3) is 3.09. The SMILES string of the molecule is O[C@H]1CN(c2cc(-c3ccccc3)nc3ccnn23)C[C@@H]1N1CCCCC1. The average Bonchev–Trinajstić information content (AvgIpc) is 3.35. The van der Waals surface area contributed by atoms with Crippen LogP contribution in [0.5, 0.6) is 0 Å². The van der Waals surface area contributed by atoms with E-state index in [2.05, 4.69) is 33.1 Å². The zero-order valence-corrected chi connectivity index (χ0v) is 15.4. The zero-order valence-electron chi connectivity index (χ0n) is 15.4. The Morgan fingerprint density at radius 1 is 0.963 bits per heavy atom. The Kier molecular flexibility index (Phi) is 4.30. The largest absolute Gasteiger partial charge is 0.390 e. The van der Waals surface area contributed by atoms with Gasteiger partial charge >= 0.3 is 0 Å². The average molecular weight is 363 g/mol. The summed E-state index contributed by atoms with van der Waals surface area (Å²) in [5.41, 5.74) is 2.87. The molecule has 2 fully saturated rings. The molecule has 27 heavy (non-hydrogen) atoms. The predicted octanol–water partition coefficient (Wildman–Crippen LogP) is 2.43. The highest BCUT2D eigenvalue weighted by atomic mass is 16.3. The molecule has 1 N–H and O–H groups in total. The molecular formula is C21H25N5O. The highest BCUT2D eigenvalue weighted by Gasteiger charge is 2.37. The molecule has 0 radical (unpaired) electrons. The van der Waals surface area contributed by atoms with Crippen LogP contribution in [0.4, 0.5) is 5.82 Å². The van der Waals surface area contributed by atoms with Crippen LogP contribution in [0.15, 0.2) is 48.7 Å². The van der Waals surface area contributed by atoms with Crippen LogP contribution in [-0.4, -0.2) is 62.9 Å². The highest BCUT2D eigenvalue weighted by molar-refractivity contribution is 5.67. The van der Waals surface area contributed by atoms with Gasteiger partial charge in [0, 0.05) is 30.8 Å². The standard InChI is InChI=1S/C21H25N5O/c27-19-15-25(14-18(19)24-11-5-2-6-12-24)21-13-17(16-7-3-1-4-8-16)23-20-9-10-22-26(20)21/h1,3-4,7-10,13,18-19,27H,2,5-6,11-12,14-15H2/t18-,19-/m0/s1. The van der Waals surface area contributed by atoms with Crippen molar-refractivity contribution in [3.63, 3.8) is 0 Å². The summed E-state index contributed by atoms with van der Waals surface area (Å²) in [4.78, 5) is 9.49. The van der Waals surface area contributed by atoms with Crippen LogP contribution in [0.3, 0.4) is 0 Å². The first-order valence-electron chi connectivity index (χ1n) is 9.87. The van der Waals surface area contributed by atoms with E-state index in [-0.39, 0.29) is 12.1 Å². The third-order valence-electron chi connectivity index (χ3n) is 5.85. The number of hydrogen-bond acceptors (Lipinski definition) is 5. The summed E-state index contributed by atoms with van der Waals surface area (Å²) < 4.78 is 1.89. The maximum Gasteiger partial charge on any atom is 0.157 e. The van der Waals surface area contributed by atoms with Crippen LogP contribution in [0, 0.1) is 0 Å². The Labute approximate surface area is 159 Å². The minimum Gasteiger partial charge on any atom is -0.390 e. The van der Waals surface area contributed by atoms with Crippen molar-refractivity contribution in [2.45, 2.75) is 31.4 Å². The van der Waals surface area contributed by atoms with Crippen molar-refractivity contribution in [1.82, 2.24) is 19.5 Å². The van der Waals surface area contributed by atoms with Crippen molar-refractivity contribution in [1.29, 1.82) is 0 Å². The van der Waals surface area contributed by atoms with Gasteiger partial charge in [0.05, 0.1) is 24.0 Å². The Bertz CT molecular complexity index is 919. The molecule has 2 aliphatic rings. The Morgan fingerprint density at radius 2 is 1.78 bits per heavy atom. The smallest absolute Gasteiger partial charge is 0.157 e. The van der Waals surface area contributed by atoms with E-state index in [0.29, 0.717) is 6.54 Å². The first-order chi connectivity index (χ1) is 13.3. The number of nitrogens with zero attached hydrogens (tertiary/aromatic N) is 5. The number of likely N-dealkylation sites (tertiary alicyclic amines) is 1. The summed E-state index contributed by atoms with van der Waals surface area (Å²) in [6.07, 6.45) is 5.24. The molecule has 0 bridgehead atoms. The molecule has 4 heterocycles. The van der Waals surface area contributed by atoms with Gasteiger partial charge in [0.2, 0.25) is 0 Å². The summed E-state index contributed by atoms with van der Waals surface area (Å²) in [6.45, 7) is 3.65. The topological polar surface area (TPSA) is 56.9 Å². The number of fused-ring (bicyclic) bond motifs is 1. The lowest BCUT2D eigenvalue weighted by molar-refractivity contribution is 0.0706. The van der Waals surface area contributed by atoms with Crippen molar-refractivity contribution >= 4 is 11.5 Å². The molecule has 0 unspecified atom stereocenters. The Hall–Kier alpha value is -2.44. The van der Waals surface area contributed by atoms with Crippen LogP contribution in [0.2, 0.25) is 0 Å². The number of aromatic nitrogens is 3. The lowest BCUT2D eigenvalue weighted by Crippen LogP contribution is -2.45. The molecule has 0 amide bonds. The number of β-amino-alcohol motifs (C(OH)–C–C–N with tert-alkyl or cyclic N) is 1. The van der Waals surface area contributed by atoms with Crippen LogP contribution in [0.25, 0.3) is 16.9 Å². The van der Waals surface area contributed by atoms with Gasteiger partial charge in [-0.1, -0.05) is 36.8 Å². The molecule has 6 nitrogen and oxygen atoms in total. The number of aliphatic hydroxyl groups excluding tert-OH is 1. The van der Waals surface area contributed by atoms with Gasteiger partial charge in [-0.15, -0.1) is 0 Å². The van der Waals surface area contributed by atoms with Gasteiger partial charge in [0.25, 0.3) is 0 Å². The van der Waals surface area contributed by atoms with Crippen LogP contribution in [-0.2, 0) is 0 Å². The Morgan fingerprint density at radius 3 is 2.59 bits per heavy atom. The maximum absolute atomic E-state index is 10.8. The van der Waals surface area contributed by atoms with E-state index in [1.165, 1.54) is 19.3 Å². The van der Waals surface area contributed by atoms with Crippen LogP contribution in [0.1, 0.15) is 19.3 Å². The van der Waals surface area contributed by atoms with Gasteiger partial charge in [-0.2, -0.15) is 9.61 Å². The summed E-state index contributed by atoms with van der Waals surface area (Å²) in [7, 11) is 0. The minimum atomic E-state index is -0.331. The first-order valence-corrected chi connectivity index (χ1v) is 9.87. The van der Waals surface area contributed by atoms with E-state index in [4.69, 9.17) is 4.98 Å². The molecule has 1 aromatic carbocycles. The van der Waals surface area contributed by atoms with Crippen LogP contribution >= 0.6 is 0 Å². The van der Waals surface area contributed by atoms with E-state index in [1.807, 2.05) is 28.8 Å². The van der Waals surface area contributed by atoms with Gasteiger partial charge in [0.1, 0.15) is 5.82 Å². The second-order valence-electron chi connectivity index (χ2n) is 7.60. The summed E-state index contributed by atoms with van der Waals surface area (Å²) in [6, 6.07) is 14.5. The second kappa shape index (κ2) is 6.94. The van der Waals surface area contributed by atoms with Gasteiger partial charge in [-0.3, -0.25) is 4.90 Å². The summed E-state index contributed by atoms with van der Waals surface area (Å²) >= 11 is 0. The van der Waals surface area contributed by atoms with Crippen molar-refractivity contribution in [2.24, 2.45) is 0 Å². The molecule has 2 aliphatic heterocycles. The second-order valence-corrected chi connectivity index (χ2v) is 7.60. The van der Waals surface area contributed by atoms with Crippen molar-refractivity contribution in [3.8, 4) is 11.3 Å². The van der Waals surface area contributed by atoms with Gasteiger partial charge < -0.3 is 10.0 Å². The van der Waals surface area contributed by atoms with Crippen molar-refractivity contribution in [2.75, 3.05) is 31.1 Å². The number of benzene rings is 1. The van der Waals surface area contributed by atoms with E-state index >= 15 is 0 Å². The molecule has 2 atom stereocenters. The van der Waals surface area contributed by atoms with Crippen molar-refractivity contribution < 1.29 is 5.11 Å². The molecule has 6 heteroatoms. The fraction of sp³-hybridized carbons (Fsp3) is 0.429. The fourth-order valence-electron chi connectivity index (χ4n) is 4.44. The molecule has 0 aliphatic carbocycles.